The first-order valence-corrected chi connectivity index (χ1v) is 5.77. The van der Waals surface area contributed by atoms with Crippen LogP contribution >= 0.6 is 0 Å². The van der Waals surface area contributed by atoms with Gasteiger partial charge in [0.1, 0.15) is 0 Å². The number of rotatable bonds is 4. The van der Waals surface area contributed by atoms with Gasteiger partial charge in [-0.05, 0) is 11.1 Å². The summed E-state index contributed by atoms with van der Waals surface area (Å²) in [7, 11) is 0. The quantitative estimate of drug-likeness (QED) is 0.578. The highest BCUT2D eigenvalue weighted by Gasteiger charge is 1.97. The van der Waals surface area contributed by atoms with Crippen molar-refractivity contribution in [1.29, 1.82) is 0 Å². The lowest BCUT2D eigenvalue weighted by Gasteiger charge is -1.96. The van der Waals surface area contributed by atoms with Gasteiger partial charge in [0.2, 0.25) is 6.29 Å². The standard InChI is InChI=1S/C17H13O/c18-14-17(16-11-5-2-6-12-16)13-7-10-15-8-3-1-4-9-15/h1-13H/b10-7+,17-13-. The number of hydrogen-bond donors (Lipinski definition) is 0. The molecule has 0 heterocycles. The van der Waals surface area contributed by atoms with Crippen LogP contribution in [0, 0.1) is 0 Å². The maximum atomic E-state index is 10.9. The summed E-state index contributed by atoms with van der Waals surface area (Å²) in [6.45, 7) is 0. The third-order valence-electron chi connectivity index (χ3n) is 2.55. The zero-order chi connectivity index (χ0) is 12.6. The molecular formula is C17H13O. The molecule has 2 rings (SSSR count). The van der Waals surface area contributed by atoms with Gasteiger partial charge in [-0.2, -0.15) is 0 Å². The van der Waals surface area contributed by atoms with Crippen LogP contribution in [0.15, 0.2) is 72.8 Å². The fourth-order valence-electron chi connectivity index (χ4n) is 1.63. The largest absolute Gasteiger partial charge is 0.285 e. The normalized spacial score (nSPS) is 11.7. The lowest BCUT2D eigenvalue weighted by molar-refractivity contribution is 0.565. The Morgan fingerprint density at radius 2 is 1.50 bits per heavy atom. The van der Waals surface area contributed by atoms with Crippen molar-refractivity contribution in [2.24, 2.45) is 0 Å². The number of carbonyl (C=O) groups excluding carboxylic acids is 1. The summed E-state index contributed by atoms with van der Waals surface area (Å²) in [6, 6.07) is 19.5. The smallest absolute Gasteiger partial charge is 0.234 e. The SMILES string of the molecule is O=[C]/C(=C/C=C/c1ccccc1)c1ccccc1. The van der Waals surface area contributed by atoms with Crippen LogP contribution in [0.1, 0.15) is 11.1 Å². The summed E-state index contributed by atoms with van der Waals surface area (Å²) >= 11 is 0. The predicted molar refractivity (Wildman–Crippen MR) is 75.6 cm³/mol. The van der Waals surface area contributed by atoms with Crippen LogP contribution in [-0.2, 0) is 4.79 Å². The van der Waals surface area contributed by atoms with Crippen LogP contribution in [-0.4, -0.2) is 6.29 Å². The Morgan fingerprint density at radius 1 is 0.889 bits per heavy atom. The van der Waals surface area contributed by atoms with E-state index in [1.165, 1.54) is 0 Å². The molecular weight excluding hydrogens is 220 g/mol. The molecule has 1 heteroatoms. The van der Waals surface area contributed by atoms with Gasteiger partial charge in [0.25, 0.3) is 0 Å². The van der Waals surface area contributed by atoms with Crippen LogP contribution in [0.5, 0.6) is 0 Å². The molecule has 1 nitrogen and oxygen atoms in total. The van der Waals surface area contributed by atoms with E-state index >= 15 is 0 Å². The molecule has 0 spiro atoms. The minimum Gasteiger partial charge on any atom is -0.285 e. The second kappa shape index (κ2) is 6.36. The fraction of sp³-hybridized carbons (Fsp3) is 0. The third kappa shape index (κ3) is 3.29. The highest BCUT2D eigenvalue weighted by molar-refractivity contribution is 6.07. The van der Waals surface area contributed by atoms with E-state index in [9.17, 15) is 4.79 Å². The van der Waals surface area contributed by atoms with E-state index in [0.29, 0.717) is 5.57 Å². The molecule has 0 aliphatic rings. The highest BCUT2D eigenvalue weighted by atomic mass is 16.1. The Kier molecular flexibility index (Phi) is 4.26. The summed E-state index contributed by atoms with van der Waals surface area (Å²) in [5.41, 5.74) is 2.54. The second-order valence-corrected chi connectivity index (χ2v) is 3.82. The van der Waals surface area contributed by atoms with Crippen molar-refractivity contribution in [2.45, 2.75) is 0 Å². The molecule has 87 valence electrons. The molecule has 0 amide bonds. The van der Waals surface area contributed by atoms with E-state index in [4.69, 9.17) is 0 Å². The third-order valence-corrected chi connectivity index (χ3v) is 2.55. The van der Waals surface area contributed by atoms with Gasteiger partial charge in [0, 0.05) is 5.57 Å². The molecule has 0 fully saturated rings. The van der Waals surface area contributed by atoms with Crippen molar-refractivity contribution in [3.05, 3.63) is 83.9 Å². The van der Waals surface area contributed by atoms with Crippen LogP contribution in [0.4, 0.5) is 0 Å². The molecule has 0 aliphatic heterocycles. The summed E-state index contributed by atoms with van der Waals surface area (Å²) in [4.78, 5) is 10.9. The number of hydrogen-bond acceptors (Lipinski definition) is 1. The van der Waals surface area contributed by atoms with E-state index < -0.39 is 0 Å². The molecule has 0 bridgehead atoms. The van der Waals surface area contributed by atoms with E-state index in [1.807, 2.05) is 79.1 Å². The average molecular weight is 233 g/mol. The van der Waals surface area contributed by atoms with Crippen molar-refractivity contribution in [3.63, 3.8) is 0 Å². The highest BCUT2D eigenvalue weighted by Crippen LogP contribution is 2.12. The molecule has 2 aromatic carbocycles. The maximum absolute atomic E-state index is 10.9. The fourth-order valence-corrected chi connectivity index (χ4v) is 1.63. The first-order chi connectivity index (χ1) is 8.90. The molecule has 0 saturated carbocycles. The molecule has 0 saturated heterocycles. The Labute approximate surface area is 107 Å². The first kappa shape index (κ1) is 12.1. The Hall–Kier alpha value is -2.41. The Bertz CT molecular complexity index is 551. The molecule has 18 heavy (non-hydrogen) atoms. The Balaban J connectivity index is 2.17. The zero-order valence-corrected chi connectivity index (χ0v) is 9.91. The first-order valence-electron chi connectivity index (χ1n) is 5.77. The molecule has 0 unspecified atom stereocenters. The van der Waals surface area contributed by atoms with Gasteiger partial charge in [0.05, 0.1) is 0 Å². The van der Waals surface area contributed by atoms with Crippen LogP contribution in [0.25, 0.3) is 11.6 Å². The average Bonchev–Trinajstić information content (AvgIpc) is 2.46. The van der Waals surface area contributed by atoms with Crippen molar-refractivity contribution < 1.29 is 4.79 Å². The summed E-state index contributed by atoms with van der Waals surface area (Å²) < 4.78 is 0. The van der Waals surface area contributed by atoms with Gasteiger partial charge >= 0.3 is 0 Å². The van der Waals surface area contributed by atoms with E-state index in [0.717, 1.165) is 11.1 Å². The van der Waals surface area contributed by atoms with Gasteiger partial charge in [0.15, 0.2) is 0 Å². The zero-order valence-electron chi connectivity index (χ0n) is 9.91. The lowest BCUT2D eigenvalue weighted by Crippen LogP contribution is -1.83. The van der Waals surface area contributed by atoms with Gasteiger partial charge in [-0.1, -0.05) is 78.9 Å². The molecule has 0 aromatic heterocycles. The molecule has 2 aromatic rings. The minimum atomic E-state index is 0.558. The monoisotopic (exact) mass is 233 g/mol. The van der Waals surface area contributed by atoms with E-state index in [1.54, 1.807) is 6.08 Å². The predicted octanol–water partition coefficient (Wildman–Crippen LogP) is 3.89. The molecule has 0 atom stereocenters. The van der Waals surface area contributed by atoms with Crippen LogP contribution in [0.3, 0.4) is 0 Å². The maximum Gasteiger partial charge on any atom is 0.234 e. The molecule has 0 aliphatic carbocycles. The minimum absolute atomic E-state index is 0.558. The lowest BCUT2D eigenvalue weighted by atomic mass is 10.1. The van der Waals surface area contributed by atoms with Crippen molar-refractivity contribution >= 4 is 17.9 Å². The summed E-state index contributed by atoms with van der Waals surface area (Å²) in [5.74, 6) is 0. The molecule has 1 radical (unpaired) electrons. The Morgan fingerprint density at radius 3 is 2.11 bits per heavy atom. The van der Waals surface area contributed by atoms with E-state index in [-0.39, 0.29) is 0 Å². The molecule has 0 N–H and O–H groups in total. The van der Waals surface area contributed by atoms with Gasteiger partial charge in [-0.3, -0.25) is 4.79 Å². The summed E-state index contributed by atoms with van der Waals surface area (Å²) in [6.07, 6.45) is 7.56. The second-order valence-electron chi connectivity index (χ2n) is 3.82. The topological polar surface area (TPSA) is 17.1 Å². The van der Waals surface area contributed by atoms with Gasteiger partial charge < -0.3 is 0 Å². The summed E-state index contributed by atoms with van der Waals surface area (Å²) in [5, 5.41) is 0. The van der Waals surface area contributed by atoms with Gasteiger partial charge in [-0.25, -0.2) is 0 Å². The number of benzene rings is 2. The van der Waals surface area contributed by atoms with E-state index in [2.05, 4.69) is 0 Å². The van der Waals surface area contributed by atoms with Crippen LogP contribution in [0.2, 0.25) is 0 Å². The van der Waals surface area contributed by atoms with Crippen molar-refractivity contribution in [2.75, 3.05) is 0 Å². The van der Waals surface area contributed by atoms with Crippen molar-refractivity contribution in [3.8, 4) is 0 Å². The number of allylic oxidation sites excluding steroid dienone is 3. The van der Waals surface area contributed by atoms with Crippen LogP contribution < -0.4 is 0 Å². The van der Waals surface area contributed by atoms with Crippen molar-refractivity contribution in [1.82, 2.24) is 0 Å². The van der Waals surface area contributed by atoms with Gasteiger partial charge in [-0.15, -0.1) is 0 Å².